The molecule has 6 nitrogen and oxygen atoms in total. The van der Waals surface area contributed by atoms with Gasteiger partial charge in [0.25, 0.3) is 0 Å². The van der Waals surface area contributed by atoms with Gasteiger partial charge in [0.2, 0.25) is 11.8 Å². The molecule has 1 aromatic carbocycles. The van der Waals surface area contributed by atoms with Crippen molar-refractivity contribution in [3.63, 3.8) is 0 Å². The molecule has 1 aliphatic heterocycles. The standard InChI is InChI=1S/C19H22N2O4S/c1-2-25-19(24)10-18-21(17(23)12-26-18)11-16(22)20-15-9-5-7-13-6-3-4-8-14(13)15/h3-4,6,8,10,15H,2,5,7,9,11-12H2,1H3,(H,20,22)/b18-10-/t15-/m0/s1. The summed E-state index contributed by atoms with van der Waals surface area (Å²) in [5.41, 5.74) is 2.41. The molecule has 0 unspecified atom stereocenters. The van der Waals surface area contributed by atoms with Gasteiger partial charge in [-0.25, -0.2) is 4.79 Å². The number of hydrogen-bond acceptors (Lipinski definition) is 5. The Kier molecular flexibility index (Phi) is 5.98. The summed E-state index contributed by atoms with van der Waals surface area (Å²) in [4.78, 5) is 37.6. The first-order valence-electron chi connectivity index (χ1n) is 8.77. The van der Waals surface area contributed by atoms with Crippen LogP contribution in [-0.4, -0.2) is 41.6 Å². The molecule has 1 aromatic rings. The second-order valence-electron chi connectivity index (χ2n) is 6.21. The SMILES string of the molecule is CCOC(=O)/C=C1\SCC(=O)N1CC(=O)N[C@H]1CCCc2ccccc21. The molecule has 0 bridgehead atoms. The Bertz CT molecular complexity index is 747. The van der Waals surface area contributed by atoms with Crippen molar-refractivity contribution in [1.82, 2.24) is 10.2 Å². The van der Waals surface area contributed by atoms with Gasteiger partial charge >= 0.3 is 5.97 Å². The van der Waals surface area contributed by atoms with E-state index in [-0.39, 0.29) is 36.8 Å². The first-order chi connectivity index (χ1) is 12.6. The molecule has 138 valence electrons. The third kappa shape index (κ3) is 4.27. The number of benzene rings is 1. The van der Waals surface area contributed by atoms with E-state index < -0.39 is 5.97 Å². The lowest BCUT2D eigenvalue weighted by Crippen LogP contribution is -2.40. The molecule has 3 rings (SSSR count). The largest absolute Gasteiger partial charge is 0.463 e. The fourth-order valence-electron chi connectivity index (χ4n) is 3.27. The van der Waals surface area contributed by atoms with E-state index in [0.29, 0.717) is 5.03 Å². The maximum absolute atomic E-state index is 12.5. The Morgan fingerprint density at radius 3 is 3.00 bits per heavy atom. The summed E-state index contributed by atoms with van der Waals surface area (Å²) in [6, 6.07) is 8.09. The van der Waals surface area contributed by atoms with Crippen LogP contribution in [0.15, 0.2) is 35.4 Å². The third-order valence-electron chi connectivity index (χ3n) is 4.44. The summed E-state index contributed by atoms with van der Waals surface area (Å²) >= 11 is 1.25. The average Bonchev–Trinajstić information content (AvgIpc) is 2.95. The predicted octanol–water partition coefficient (Wildman–Crippen LogP) is 2.16. The van der Waals surface area contributed by atoms with Gasteiger partial charge in [-0.1, -0.05) is 36.0 Å². The monoisotopic (exact) mass is 374 g/mol. The van der Waals surface area contributed by atoms with Crippen LogP contribution in [0.25, 0.3) is 0 Å². The number of fused-ring (bicyclic) bond motifs is 1. The second kappa shape index (κ2) is 8.40. The molecule has 1 aliphatic carbocycles. The lowest BCUT2D eigenvalue weighted by molar-refractivity contribution is -0.137. The van der Waals surface area contributed by atoms with Crippen LogP contribution in [0.3, 0.4) is 0 Å². The number of nitrogens with zero attached hydrogens (tertiary/aromatic N) is 1. The van der Waals surface area contributed by atoms with Crippen LogP contribution in [0.2, 0.25) is 0 Å². The second-order valence-corrected chi connectivity index (χ2v) is 7.21. The molecule has 0 spiro atoms. The summed E-state index contributed by atoms with van der Waals surface area (Å²) in [5, 5.41) is 3.50. The molecule has 1 heterocycles. The average molecular weight is 374 g/mol. The van der Waals surface area contributed by atoms with Crippen LogP contribution in [-0.2, 0) is 25.5 Å². The highest BCUT2D eigenvalue weighted by Crippen LogP contribution is 2.31. The van der Waals surface area contributed by atoms with Crippen molar-refractivity contribution in [3.8, 4) is 0 Å². The van der Waals surface area contributed by atoms with Crippen LogP contribution in [0.1, 0.15) is 36.9 Å². The minimum absolute atomic E-state index is 0.0321. The number of aryl methyl sites for hydroxylation is 1. The number of rotatable bonds is 5. The van der Waals surface area contributed by atoms with Crippen LogP contribution in [0.5, 0.6) is 0 Å². The molecule has 26 heavy (non-hydrogen) atoms. The molecule has 7 heteroatoms. The van der Waals surface area contributed by atoms with Gasteiger partial charge in [-0.15, -0.1) is 0 Å². The molecule has 2 amide bonds. The van der Waals surface area contributed by atoms with E-state index in [0.717, 1.165) is 24.8 Å². The lowest BCUT2D eigenvalue weighted by atomic mass is 9.88. The number of amides is 2. The zero-order chi connectivity index (χ0) is 18.5. The maximum atomic E-state index is 12.5. The first-order valence-corrected chi connectivity index (χ1v) is 9.76. The van der Waals surface area contributed by atoms with Gasteiger partial charge in [-0.05, 0) is 37.3 Å². The summed E-state index contributed by atoms with van der Waals surface area (Å²) in [5.74, 6) is -0.677. The molecule has 0 radical (unpaired) electrons. The van der Waals surface area contributed by atoms with E-state index in [1.807, 2.05) is 18.2 Å². The Labute approximate surface area is 157 Å². The fourth-order valence-corrected chi connectivity index (χ4v) is 4.20. The minimum atomic E-state index is -0.503. The zero-order valence-corrected chi connectivity index (χ0v) is 15.5. The van der Waals surface area contributed by atoms with Gasteiger partial charge in [-0.3, -0.25) is 14.5 Å². The fraction of sp³-hybridized carbons (Fsp3) is 0.421. The van der Waals surface area contributed by atoms with Gasteiger partial charge in [-0.2, -0.15) is 0 Å². The quantitative estimate of drug-likeness (QED) is 0.631. The van der Waals surface area contributed by atoms with Crippen molar-refractivity contribution in [2.45, 2.75) is 32.2 Å². The van der Waals surface area contributed by atoms with Gasteiger partial charge in [0.15, 0.2) is 0 Å². The maximum Gasteiger partial charge on any atom is 0.333 e. The van der Waals surface area contributed by atoms with E-state index in [1.54, 1.807) is 6.92 Å². The number of thioether (sulfide) groups is 1. The predicted molar refractivity (Wildman–Crippen MR) is 99.2 cm³/mol. The Morgan fingerprint density at radius 2 is 2.19 bits per heavy atom. The number of nitrogens with one attached hydrogen (secondary N) is 1. The lowest BCUT2D eigenvalue weighted by Gasteiger charge is -2.27. The van der Waals surface area contributed by atoms with Crippen molar-refractivity contribution >= 4 is 29.5 Å². The molecule has 0 aromatic heterocycles. The van der Waals surface area contributed by atoms with Crippen molar-refractivity contribution in [3.05, 3.63) is 46.5 Å². The molecule has 1 saturated heterocycles. The van der Waals surface area contributed by atoms with Gasteiger partial charge in [0, 0.05) is 0 Å². The molecule has 1 atom stereocenters. The van der Waals surface area contributed by atoms with E-state index in [4.69, 9.17) is 4.74 Å². The highest BCUT2D eigenvalue weighted by molar-refractivity contribution is 8.04. The first kappa shape index (κ1) is 18.5. The van der Waals surface area contributed by atoms with Gasteiger partial charge in [0.1, 0.15) is 6.54 Å². The summed E-state index contributed by atoms with van der Waals surface area (Å²) in [7, 11) is 0. The van der Waals surface area contributed by atoms with Crippen LogP contribution >= 0.6 is 11.8 Å². The summed E-state index contributed by atoms with van der Waals surface area (Å²) in [6.45, 7) is 1.90. The Morgan fingerprint density at radius 1 is 1.38 bits per heavy atom. The molecule has 1 N–H and O–H groups in total. The van der Waals surface area contributed by atoms with Crippen LogP contribution < -0.4 is 5.32 Å². The molecule has 1 fully saturated rings. The van der Waals surface area contributed by atoms with E-state index >= 15 is 0 Å². The molecule has 0 saturated carbocycles. The van der Waals surface area contributed by atoms with Crippen molar-refractivity contribution in [1.29, 1.82) is 0 Å². The number of ether oxygens (including phenoxy) is 1. The number of hydrogen-bond donors (Lipinski definition) is 1. The van der Waals surface area contributed by atoms with Crippen molar-refractivity contribution in [2.24, 2.45) is 0 Å². The molecule has 2 aliphatic rings. The van der Waals surface area contributed by atoms with Gasteiger partial charge in [0.05, 0.1) is 29.5 Å². The number of carbonyl (C=O) groups is 3. The van der Waals surface area contributed by atoms with Crippen molar-refractivity contribution in [2.75, 3.05) is 18.9 Å². The Hall–Kier alpha value is -2.28. The van der Waals surface area contributed by atoms with E-state index in [2.05, 4.69) is 11.4 Å². The van der Waals surface area contributed by atoms with E-state index in [9.17, 15) is 14.4 Å². The van der Waals surface area contributed by atoms with E-state index in [1.165, 1.54) is 28.3 Å². The third-order valence-corrected chi connectivity index (χ3v) is 5.47. The highest BCUT2D eigenvalue weighted by atomic mass is 32.2. The summed E-state index contributed by atoms with van der Waals surface area (Å²) in [6.07, 6.45) is 4.21. The molecular weight excluding hydrogens is 352 g/mol. The summed E-state index contributed by atoms with van der Waals surface area (Å²) < 4.78 is 4.89. The number of esters is 1. The minimum Gasteiger partial charge on any atom is -0.463 e. The van der Waals surface area contributed by atoms with Crippen LogP contribution in [0, 0.1) is 0 Å². The smallest absolute Gasteiger partial charge is 0.333 e. The topological polar surface area (TPSA) is 75.7 Å². The zero-order valence-electron chi connectivity index (χ0n) is 14.7. The van der Waals surface area contributed by atoms with Gasteiger partial charge < -0.3 is 10.1 Å². The normalized spacial score (nSPS) is 20.8. The number of carbonyl (C=O) groups excluding carboxylic acids is 3. The van der Waals surface area contributed by atoms with Crippen molar-refractivity contribution < 1.29 is 19.1 Å². The Balaban J connectivity index is 1.66. The highest BCUT2D eigenvalue weighted by Gasteiger charge is 2.30. The molecular formula is C19H22N2O4S. The van der Waals surface area contributed by atoms with Crippen LogP contribution in [0.4, 0.5) is 0 Å².